The van der Waals surface area contributed by atoms with Gasteiger partial charge >= 0.3 is 6.09 Å². The topological polar surface area (TPSA) is 145 Å². The lowest BCUT2D eigenvalue weighted by Crippen LogP contribution is -2.34. The third-order valence-corrected chi connectivity index (χ3v) is 7.25. The molecule has 2 aromatic heterocycles. The van der Waals surface area contributed by atoms with Crippen molar-refractivity contribution in [3.63, 3.8) is 0 Å². The molecule has 2 fully saturated rings. The zero-order valence-electron chi connectivity index (χ0n) is 22.5. The summed E-state index contributed by atoms with van der Waals surface area (Å²) in [5.74, 6) is 1.96. The first-order chi connectivity index (χ1) is 19.1. The molecule has 0 spiro atoms. The normalized spacial score (nSPS) is 16.7. The number of nitrogens with zero attached hydrogens (tertiary/aromatic N) is 4. The monoisotopic (exact) mass is 539 g/mol. The van der Waals surface area contributed by atoms with Crippen molar-refractivity contribution in [3.05, 3.63) is 35.5 Å². The minimum atomic E-state index is -0.666. The summed E-state index contributed by atoms with van der Waals surface area (Å²) in [4.78, 5) is 20.8. The van der Waals surface area contributed by atoms with Gasteiger partial charge in [-0.25, -0.2) is 9.78 Å². The van der Waals surface area contributed by atoms with Gasteiger partial charge in [-0.2, -0.15) is 10.1 Å². The van der Waals surface area contributed by atoms with Crippen molar-refractivity contribution in [2.45, 2.75) is 57.3 Å². The van der Waals surface area contributed by atoms with Crippen molar-refractivity contribution in [2.24, 2.45) is 5.92 Å². The molecule has 1 aliphatic carbocycles. The Morgan fingerprint density at radius 1 is 1.21 bits per heavy atom. The van der Waals surface area contributed by atoms with Gasteiger partial charge in [0.2, 0.25) is 5.95 Å². The lowest BCUT2D eigenvalue weighted by molar-refractivity contribution is 0.0776. The van der Waals surface area contributed by atoms with E-state index in [2.05, 4.69) is 49.2 Å². The Hall–Kier alpha value is -3.48. The number of methoxy groups -OCH3 is 2. The van der Waals surface area contributed by atoms with Crippen LogP contribution in [0.15, 0.2) is 24.4 Å². The molecule has 1 saturated heterocycles. The number of aromatic nitrogens is 4. The van der Waals surface area contributed by atoms with E-state index in [0.29, 0.717) is 35.4 Å². The third-order valence-electron chi connectivity index (χ3n) is 7.25. The largest absolute Gasteiger partial charge is 0.496 e. The SMILES string of the molecule is COC(=O)Nc1nc(N[C@H](CO)CC2CC2)c2c(cnn2Cc2ccc(CNC3CCOCC3)cc2OC)n1. The molecule has 210 valence electrons. The van der Waals surface area contributed by atoms with Gasteiger partial charge in [-0.1, -0.05) is 25.0 Å². The summed E-state index contributed by atoms with van der Waals surface area (Å²) < 4.78 is 17.7. The minimum Gasteiger partial charge on any atom is -0.496 e. The molecule has 5 rings (SSSR count). The molecule has 3 heterocycles. The van der Waals surface area contributed by atoms with E-state index in [-0.39, 0.29) is 18.6 Å². The maximum atomic E-state index is 11.8. The maximum Gasteiger partial charge on any atom is 0.413 e. The lowest BCUT2D eigenvalue weighted by Gasteiger charge is -2.23. The third kappa shape index (κ3) is 6.94. The molecule has 12 heteroatoms. The van der Waals surface area contributed by atoms with Gasteiger partial charge in [-0.15, -0.1) is 0 Å². The van der Waals surface area contributed by atoms with Gasteiger partial charge in [-0.3, -0.25) is 10.00 Å². The van der Waals surface area contributed by atoms with E-state index in [1.165, 1.54) is 20.0 Å². The van der Waals surface area contributed by atoms with E-state index >= 15 is 0 Å². The number of fused-ring (bicyclic) bond motifs is 1. The fraction of sp³-hybridized carbons (Fsp3) is 0.556. The summed E-state index contributed by atoms with van der Waals surface area (Å²) in [6.07, 6.45) is 6.20. The summed E-state index contributed by atoms with van der Waals surface area (Å²) in [7, 11) is 2.95. The molecule has 3 aromatic rings. The molecule has 2 aliphatic rings. The van der Waals surface area contributed by atoms with Crippen LogP contribution in [-0.4, -0.2) is 77.1 Å². The van der Waals surface area contributed by atoms with E-state index in [4.69, 9.17) is 14.2 Å². The highest BCUT2D eigenvalue weighted by Gasteiger charge is 2.26. The molecule has 1 saturated carbocycles. The van der Waals surface area contributed by atoms with Crippen LogP contribution in [-0.2, 0) is 22.6 Å². The van der Waals surface area contributed by atoms with Crippen LogP contribution in [0.25, 0.3) is 11.0 Å². The molecule has 12 nitrogen and oxygen atoms in total. The molecule has 0 bridgehead atoms. The van der Waals surface area contributed by atoms with Gasteiger partial charge in [-0.05, 0) is 36.8 Å². The van der Waals surface area contributed by atoms with E-state index in [1.54, 1.807) is 13.3 Å². The number of amides is 1. The predicted octanol–water partition coefficient (Wildman–Crippen LogP) is 2.90. The summed E-state index contributed by atoms with van der Waals surface area (Å²) in [6, 6.07) is 6.49. The van der Waals surface area contributed by atoms with Crippen molar-refractivity contribution in [3.8, 4) is 5.75 Å². The van der Waals surface area contributed by atoms with Crippen molar-refractivity contribution in [1.82, 2.24) is 25.1 Å². The number of ether oxygens (including phenoxy) is 3. The number of carbonyl (C=O) groups is 1. The first kappa shape index (κ1) is 27.1. The predicted molar refractivity (Wildman–Crippen MR) is 146 cm³/mol. The van der Waals surface area contributed by atoms with Gasteiger partial charge in [0, 0.05) is 31.4 Å². The Labute approximate surface area is 227 Å². The number of aliphatic hydroxyl groups excluding tert-OH is 1. The highest BCUT2D eigenvalue weighted by atomic mass is 16.5. The fourth-order valence-electron chi connectivity index (χ4n) is 4.90. The van der Waals surface area contributed by atoms with Crippen LogP contribution in [0.5, 0.6) is 5.75 Å². The first-order valence-electron chi connectivity index (χ1n) is 13.5. The number of carbonyl (C=O) groups excluding carboxylic acids is 1. The lowest BCUT2D eigenvalue weighted by atomic mass is 10.1. The summed E-state index contributed by atoms with van der Waals surface area (Å²) in [5.41, 5.74) is 3.32. The van der Waals surface area contributed by atoms with Crippen LogP contribution in [0.2, 0.25) is 0 Å². The Bertz CT molecular complexity index is 1270. The molecular weight excluding hydrogens is 502 g/mol. The standard InChI is InChI=1S/C27H37N7O5/c1-37-23-12-18(13-28-20-7-9-39-10-8-20)5-6-19(23)15-34-24-22(14-29-34)31-26(33-27(36)38-2)32-25(24)30-21(16-35)11-17-3-4-17/h5-6,12,14,17,20-21,28,35H,3-4,7-11,13,15-16H2,1-2H3,(H2,30,31,32,33,36)/t21-/m0/s1. The van der Waals surface area contributed by atoms with Crippen LogP contribution in [0.3, 0.4) is 0 Å². The smallest absolute Gasteiger partial charge is 0.413 e. The molecule has 4 N–H and O–H groups in total. The Balaban J connectivity index is 1.39. The molecule has 0 unspecified atom stereocenters. The van der Waals surface area contributed by atoms with Crippen molar-refractivity contribution >= 4 is 28.9 Å². The summed E-state index contributed by atoms with van der Waals surface area (Å²) in [6.45, 7) is 2.76. The number of aliphatic hydroxyl groups is 1. The average molecular weight is 540 g/mol. The van der Waals surface area contributed by atoms with Crippen molar-refractivity contribution in [2.75, 3.05) is 44.7 Å². The highest BCUT2D eigenvalue weighted by molar-refractivity contribution is 5.89. The fourth-order valence-corrected chi connectivity index (χ4v) is 4.90. The molecule has 39 heavy (non-hydrogen) atoms. The maximum absolute atomic E-state index is 11.8. The highest BCUT2D eigenvalue weighted by Crippen LogP contribution is 2.35. The van der Waals surface area contributed by atoms with Gasteiger partial charge in [0.25, 0.3) is 0 Å². The molecule has 1 atom stereocenters. The minimum absolute atomic E-state index is 0.0346. The van der Waals surface area contributed by atoms with Crippen LogP contribution >= 0.6 is 0 Å². The van der Waals surface area contributed by atoms with Gasteiger partial charge in [0.15, 0.2) is 5.82 Å². The number of anilines is 2. The number of hydrogen-bond acceptors (Lipinski definition) is 10. The number of benzene rings is 1. The molecule has 0 radical (unpaired) electrons. The van der Waals surface area contributed by atoms with Crippen molar-refractivity contribution in [1.29, 1.82) is 0 Å². The molecular formula is C27H37N7O5. The second kappa shape index (κ2) is 12.6. The number of rotatable bonds is 12. The summed E-state index contributed by atoms with van der Waals surface area (Å²) >= 11 is 0. The van der Waals surface area contributed by atoms with E-state index in [0.717, 1.165) is 55.9 Å². The number of nitrogens with one attached hydrogen (secondary N) is 3. The Kier molecular flexibility index (Phi) is 8.74. The van der Waals surface area contributed by atoms with Gasteiger partial charge in [0.1, 0.15) is 16.8 Å². The van der Waals surface area contributed by atoms with Crippen LogP contribution in [0.1, 0.15) is 43.2 Å². The average Bonchev–Trinajstić information content (AvgIpc) is 3.70. The first-order valence-corrected chi connectivity index (χ1v) is 13.5. The second-order valence-corrected chi connectivity index (χ2v) is 10.2. The zero-order valence-corrected chi connectivity index (χ0v) is 22.5. The second-order valence-electron chi connectivity index (χ2n) is 10.2. The van der Waals surface area contributed by atoms with Crippen LogP contribution in [0, 0.1) is 5.92 Å². The number of hydrogen-bond donors (Lipinski definition) is 4. The van der Waals surface area contributed by atoms with E-state index in [9.17, 15) is 9.90 Å². The van der Waals surface area contributed by atoms with Gasteiger partial charge < -0.3 is 30.0 Å². The zero-order chi connectivity index (χ0) is 27.2. The Morgan fingerprint density at radius 2 is 2.03 bits per heavy atom. The molecule has 1 aromatic carbocycles. The van der Waals surface area contributed by atoms with Crippen LogP contribution < -0.4 is 20.7 Å². The van der Waals surface area contributed by atoms with E-state index < -0.39 is 6.09 Å². The van der Waals surface area contributed by atoms with E-state index in [1.807, 2.05) is 4.68 Å². The Morgan fingerprint density at radius 3 is 2.74 bits per heavy atom. The summed E-state index contributed by atoms with van der Waals surface area (Å²) in [5, 5.41) is 24.1. The van der Waals surface area contributed by atoms with Crippen LogP contribution in [0.4, 0.5) is 16.6 Å². The quantitative estimate of drug-likeness (QED) is 0.271. The van der Waals surface area contributed by atoms with Crippen molar-refractivity contribution < 1.29 is 24.1 Å². The molecule has 1 amide bonds. The van der Waals surface area contributed by atoms with Gasteiger partial charge in [0.05, 0.1) is 39.6 Å². The molecule has 1 aliphatic heterocycles.